The van der Waals surface area contributed by atoms with Crippen LogP contribution in [0.3, 0.4) is 0 Å². The fraction of sp³-hybridized carbons (Fsp3) is 0.286. The lowest BCUT2D eigenvalue weighted by Crippen LogP contribution is -1.96. The molecular weight excluding hydrogens is 342 g/mol. The first-order valence-electron chi connectivity index (χ1n) is 8.97. The summed E-state index contributed by atoms with van der Waals surface area (Å²) in [4.78, 5) is 12.3. The number of carbonyl (C=O) groups is 1. The largest absolute Gasteiger partial charge is 0.497 e. The van der Waals surface area contributed by atoms with E-state index in [0.29, 0.717) is 23.2 Å². The molecule has 3 aromatic rings. The van der Waals surface area contributed by atoms with Gasteiger partial charge in [-0.25, -0.2) is 0 Å². The van der Waals surface area contributed by atoms with Crippen LogP contribution >= 0.6 is 0 Å². The highest BCUT2D eigenvalue weighted by molar-refractivity contribution is 5.98. The quantitative estimate of drug-likeness (QED) is 0.595. The maximum absolute atomic E-state index is 12.3. The van der Waals surface area contributed by atoms with Crippen LogP contribution in [0.25, 0.3) is 10.9 Å². The number of nitrogens with zero attached hydrogens (tertiary/aromatic N) is 3. The standard InChI is InChI=1S/C21H23N3O3/c1-4-5-12-24-18-11-10-16(27-3)13-17(18)19(21(24)26)22-23-20(25)15-8-6-14(2)7-9-15/h6-11,13,26H,4-5,12H2,1-3H3. The van der Waals surface area contributed by atoms with Crippen molar-refractivity contribution < 1.29 is 14.6 Å². The lowest BCUT2D eigenvalue weighted by Gasteiger charge is -2.05. The van der Waals surface area contributed by atoms with Crippen LogP contribution in [0.15, 0.2) is 52.7 Å². The molecule has 0 aliphatic heterocycles. The van der Waals surface area contributed by atoms with Gasteiger partial charge in [0.25, 0.3) is 5.91 Å². The number of hydrogen-bond acceptors (Lipinski definition) is 4. The molecule has 0 radical (unpaired) electrons. The first-order valence-corrected chi connectivity index (χ1v) is 8.97. The van der Waals surface area contributed by atoms with Gasteiger partial charge in [0.2, 0.25) is 5.88 Å². The van der Waals surface area contributed by atoms with Crippen LogP contribution < -0.4 is 4.74 Å². The maximum atomic E-state index is 12.3. The molecule has 27 heavy (non-hydrogen) atoms. The number of ether oxygens (including phenoxy) is 1. The summed E-state index contributed by atoms with van der Waals surface area (Å²) in [6.07, 6.45) is 1.92. The van der Waals surface area contributed by atoms with Gasteiger partial charge in [0.15, 0.2) is 5.69 Å². The number of hydrogen-bond donors (Lipinski definition) is 1. The fourth-order valence-electron chi connectivity index (χ4n) is 2.92. The smallest absolute Gasteiger partial charge is 0.295 e. The summed E-state index contributed by atoms with van der Waals surface area (Å²) in [5, 5.41) is 19.3. The second-order valence-corrected chi connectivity index (χ2v) is 6.43. The van der Waals surface area contributed by atoms with Crippen molar-refractivity contribution in [2.24, 2.45) is 10.2 Å². The summed E-state index contributed by atoms with van der Waals surface area (Å²) < 4.78 is 7.08. The molecule has 1 amide bonds. The number of fused-ring (bicyclic) bond motifs is 1. The minimum atomic E-state index is -0.452. The first kappa shape index (κ1) is 18.6. The molecule has 0 spiro atoms. The zero-order chi connectivity index (χ0) is 19.4. The van der Waals surface area contributed by atoms with E-state index in [9.17, 15) is 9.90 Å². The summed E-state index contributed by atoms with van der Waals surface area (Å²) in [6, 6.07) is 12.6. The van der Waals surface area contributed by atoms with E-state index >= 15 is 0 Å². The van der Waals surface area contributed by atoms with E-state index in [4.69, 9.17) is 4.74 Å². The molecule has 6 heteroatoms. The van der Waals surface area contributed by atoms with Crippen molar-refractivity contribution in [3.05, 3.63) is 53.6 Å². The molecule has 2 aromatic carbocycles. The van der Waals surface area contributed by atoms with Crippen molar-refractivity contribution in [2.45, 2.75) is 33.2 Å². The van der Waals surface area contributed by atoms with Gasteiger partial charge in [0.1, 0.15) is 5.75 Å². The van der Waals surface area contributed by atoms with E-state index in [0.717, 1.165) is 23.9 Å². The van der Waals surface area contributed by atoms with Crippen LogP contribution in [-0.2, 0) is 6.54 Å². The zero-order valence-corrected chi connectivity index (χ0v) is 15.8. The highest BCUT2D eigenvalue weighted by atomic mass is 16.5. The van der Waals surface area contributed by atoms with Crippen molar-refractivity contribution in [3.8, 4) is 11.6 Å². The predicted octanol–water partition coefficient (Wildman–Crippen LogP) is 5.39. The number of aryl methyl sites for hydroxylation is 2. The van der Waals surface area contributed by atoms with Gasteiger partial charge in [0.05, 0.1) is 12.6 Å². The SMILES string of the molecule is CCCCn1c(O)c(N=NC(=O)c2ccc(C)cc2)c2cc(OC)ccc21. The Labute approximate surface area is 158 Å². The van der Waals surface area contributed by atoms with Crippen molar-refractivity contribution in [2.75, 3.05) is 7.11 Å². The van der Waals surface area contributed by atoms with Gasteiger partial charge < -0.3 is 14.4 Å². The molecule has 0 saturated carbocycles. The van der Waals surface area contributed by atoms with Gasteiger partial charge in [-0.2, -0.15) is 0 Å². The van der Waals surface area contributed by atoms with Crippen LogP contribution in [0.4, 0.5) is 5.69 Å². The number of rotatable bonds is 6. The van der Waals surface area contributed by atoms with Gasteiger partial charge in [-0.05, 0) is 43.7 Å². The summed E-state index contributed by atoms with van der Waals surface area (Å²) in [7, 11) is 1.58. The van der Waals surface area contributed by atoms with Gasteiger partial charge >= 0.3 is 0 Å². The lowest BCUT2D eigenvalue weighted by atomic mass is 10.1. The van der Waals surface area contributed by atoms with E-state index < -0.39 is 5.91 Å². The lowest BCUT2D eigenvalue weighted by molar-refractivity contribution is 0.0995. The number of amides is 1. The fourth-order valence-corrected chi connectivity index (χ4v) is 2.92. The Morgan fingerprint density at radius 1 is 1.19 bits per heavy atom. The second kappa shape index (κ2) is 8.03. The number of unbranched alkanes of at least 4 members (excludes halogenated alkanes) is 1. The van der Waals surface area contributed by atoms with E-state index in [1.54, 1.807) is 29.9 Å². The number of benzene rings is 2. The molecule has 140 valence electrons. The number of methoxy groups -OCH3 is 1. The maximum Gasteiger partial charge on any atom is 0.295 e. The normalized spacial score (nSPS) is 11.4. The number of aromatic hydroxyl groups is 1. The van der Waals surface area contributed by atoms with Crippen molar-refractivity contribution in [1.82, 2.24) is 4.57 Å². The number of aromatic nitrogens is 1. The first-order chi connectivity index (χ1) is 13.0. The van der Waals surface area contributed by atoms with Crippen LogP contribution in [0.1, 0.15) is 35.7 Å². The molecule has 0 unspecified atom stereocenters. The summed E-state index contributed by atoms with van der Waals surface area (Å²) >= 11 is 0. The Balaban J connectivity index is 2.02. The third-order valence-corrected chi connectivity index (χ3v) is 4.49. The summed E-state index contributed by atoms with van der Waals surface area (Å²) in [5.74, 6) is 0.204. The number of carbonyl (C=O) groups excluding carboxylic acids is 1. The Morgan fingerprint density at radius 3 is 2.59 bits per heavy atom. The molecule has 0 fully saturated rings. The molecule has 0 saturated heterocycles. The van der Waals surface area contributed by atoms with Gasteiger partial charge in [-0.1, -0.05) is 31.0 Å². The van der Waals surface area contributed by atoms with E-state index in [2.05, 4.69) is 17.2 Å². The molecule has 0 aliphatic carbocycles. The second-order valence-electron chi connectivity index (χ2n) is 6.43. The average molecular weight is 365 g/mol. The Bertz CT molecular complexity index is 988. The highest BCUT2D eigenvalue weighted by Crippen LogP contribution is 2.40. The van der Waals surface area contributed by atoms with Gasteiger partial charge in [0, 0.05) is 17.5 Å². The van der Waals surface area contributed by atoms with Gasteiger partial charge in [-0.3, -0.25) is 4.79 Å². The molecule has 1 aromatic heterocycles. The third kappa shape index (κ3) is 3.84. The molecule has 3 rings (SSSR count). The van der Waals surface area contributed by atoms with Crippen LogP contribution in [0.5, 0.6) is 11.6 Å². The van der Waals surface area contributed by atoms with E-state index in [1.807, 2.05) is 31.2 Å². The molecule has 0 aliphatic rings. The van der Waals surface area contributed by atoms with E-state index in [1.165, 1.54) is 0 Å². The molecule has 0 atom stereocenters. The zero-order valence-electron chi connectivity index (χ0n) is 15.8. The summed E-state index contributed by atoms with van der Waals surface area (Å²) in [6.45, 7) is 4.70. The third-order valence-electron chi connectivity index (χ3n) is 4.49. The Hall–Kier alpha value is -3.15. The number of azo groups is 1. The Morgan fingerprint density at radius 2 is 1.93 bits per heavy atom. The monoisotopic (exact) mass is 365 g/mol. The minimum absolute atomic E-state index is 0.00663. The molecule has 0 bridgehead atoms. The van der Waals surface area contributed by atoms with E-state index in [-0.39, 0.29) is 11.6 Å². The topological polar surface area (TPSA) is 76.2 Å². The molecule has 6 nitrogen and oxygen atoms in total. The van der Waals surface area contributed by atoms with Crippen molar-refractivity contribution in [1.29, 1.82) is 0 Å². The van der Waals surface area contributed by atoms with Crippen LogP contribution in [0.2, 0.25) is 0 Å². The Kier molecular flexibility index (Phi) is 5.54. The van der Waals surface area contributed by atoms with Crippen molar-refractivity contribution >= 4 is 22.5 Å². The predicted molar refractivity (Wildman–Crippen MR) is 105 cm³/mol. The van der Waals surface area contributed by atoms with Crippen LogP contribution in [-0.4, -0.2) is 22.7 Å². The molecule has 1 heterocycles. The average Bonchev–Trinajstić information content (AvgIpc) is 2.95. The van der Waals surface area contributed by atoms with Crippen molar-refractivity contribution in [3.63, 3.8) is 0 Å². The molecule has 1 N–H and O–H groups in total. The van der Waals surface area contributed by atoms with Crippen LogP contribution in [0, 0.1) is 6.92 Å². The minimum Gasteiger partial charge on any atom is -0.497 e. The van der Waals surface area contributed by atoms with Gasteiger partial charge in [-0.15, -0.1) is 10.2 Å². The molecular formula is C21H23N3O3. The summed E-state index contributed by atoms with van der Waals surface area (Å²) in [5.41, 5.74) is 2.63. The highest BCUT2D eigenvalue weighted by Gasteiger charge is 2.17.